The van der Waals surface area contributed by atoms with Crippen LogP contribution in [0.3, 0.4) is 0 Å². The molecule has 1 aliphatic heterocycles. The van der Waals surface area contributed by atoms with Crippen molar-refractivity contribution in [3.05, 3.63) is 77.6 Å². The summed E-state index contributed by atoms with van der Waals surface area (Å²) < 4.78 is 10.4. The van der Waals surface area contributed by atoms with Crippen molar-refractivity contribution in [3.8, 4) is 11.3 Å². The third-order valence-electron chi connectivity index (χ3n) is 5.78. The van der Waals surface area contributed by atoms with Gasteiger partial charge >= 0.3 is 6.09 Å². The van der Waals surface area contributed by atoms with Crippen LogP contribution < -0.4 is 5.73 Å². The van der Waals surface area contributed by atoms with E-state index < -0.39 is 5.90 Å². The predicted octanol–water partition coefficient (Wildman–Crippen LogP) is 3.50. The van der Waals surface area contributed by atoms with E-state index in [0.29, 0.717) is 55.2 Å². The smallest absolute Gasteiger partial charge is 0.409 e. The molecule has 0 radical (unpaired) electrons. The maximum absolute atomic E-state index is 12.9. The minimum atomic E-state index is -0.394. The molecule has 4 rings (SSSR count). The van der Waals surface area contributed by atoms with E-state index >= 15 is 0 Å². The zero-order chi connectivity index (χ0) is 26.4. The summed E-state index contributed by atoms with van der Waals surface area (Å²) in [6.07, 6.45) is 1.11. The molecule has 0 aliphatic carbocycles. The number of nitrogen functional groups attached to an aromatic ring is 1. The summed E-state index contributed by atoms with van der Waals surface area (Å²) in [6, 6.07) is 15.6. The number of piperazine rings is 1. The Bertz CT molecular complexity index is 1320. The van der Waals surface area contributed by atoms with Crippen LogP contribution in [0.5, 0.6) is 0 Å². The van der Waals surface area contributed by atoms with Crippen LogP contribution in [-0.4, -0.2) is 76.3 Å². The van der Waals surface area contributed by atoms with Gasteiger partial charge in [0, 0.05) is 45.7 Å². The van der Waals surface area contributed by atoms with E-state index in [0.717, 1.165) is 0 Å². The van der Waals surface area contributed by atoms with Crippen LogP contribution in [0.4, 0.5) is 10.6 Å². The molecule has 11 nitrogen and oxygen atoms in total. The van der Waals surface area contributed by atoms with Crippen LogP contribution >= 0.6 is 0 Å². The van der Waals surface area contributed by atoms with Gasteiger partial charge in [-0.3, -0.25) is 15.6 Å². The molecule has 1 saturated heterocycles. The lowest BCUT2D eigenvalue weighted by Crippen LogP contribution is -2.50. The number of benzene rings is 2. The summed E-state index contributed by atoms with van der Waals surface area (Å²) >= 11 is 0. The van der Waals surface area contributed by atoms with Crippen LogP contribution in [0.1, 0.15) is 31.4 Å². The van der Waals surface area contributed by atoms with Gasteiger partial charge in [-0.25, -0.2) is 14.8 Å². The fraction of sp³-hybridized carbons (Fsp3) is 0.231. The van der Waals surface area contributed by atoms with Gasteiger partial charge in [-0.05, 0) is 31.2 Å². The summed E-state index contributed by atoms with van der Waals surface area (Å²) in [5.41, 5.74) is 8.06. The number of anilines is 1. The number of aromatic nitrogens is 2. The highest BCUT2D eigenvalue weighted by atomic mass is 16.6. The van der Waals surface area contributed by atoms with Gasteiger partial charge in [0.2, 0.25) is 11.8 Å². The SMILES string of the molecule is CCOC(=O)N1CCN(C(=O)c2ccc(-c3cnc(N)c(C(=N)OC(=N)c4ccccc4)n3)cc2)CC1.[HH].[HH]. The zero-order valence-corrected chi connectivity index (χ0v) is 20.3. The molecule has 1 aliphatic rings. The van der Waals surface area contributed by atoms with Gasteiger partial charge in [-0.1, -0.05) is 30.3 Å². The van der Waals surface area contributed by atoms with E-state index in [1.807, 2.05) is 6.07 Å². The molecule has 37 heavy (non-hydrogen) atoms. The van der Waals surface area contributed by atoms with Crippen molar-refractivity contribution in [1.82, 2.24) is 19.8 Å². The predicted molar refractivity (Wildman–Crippen MR) is 142 cm³/mol. The summed E-state index contributed by atoms with van der Waals surface area (Å²) in [4.78, 5) is 36.6. The first-order valence-electron chi connectivity index (χ1n) is 11.7. The third kappa shape index (κ3) is 5.89. The van der Waals surface area contributed by atoms with Crippen LogP contribution in [0.2, 0.25) is 0 Å². The summed E-state index contributed by atoms with van der Waals surface area (Å²) in [5, 5.41) is 16.3. The third-order valence-corrected chi connectivity index (χ3v) is 5.78. The van der Waals surface area contributed by atoms with Gasteiger partial charge in [-0.2, -0.15) is 0 Å². The quantitative estimate of drug-likeness (QED) is 0.353. The van der Waals surface area contributed by atoms with Gasteiger partial charge in [0.05, 0.1) is 18.5 Å². The highest BCUT2D eigenvalue weighted by molar-refractivity contribution is 6.05. The molecule has 1 fully saturated rings. The number of amides is 2. The van der Waals surface area contributed by atoms with Crippen molar-refractivity contribution in [2.75, 3.05) is 38.5 Å². The maximum atomic E-state index is 12.9. The molecule has 3 aromatic rings. The van der Waals surface area contributed by atoms with E-state index in [1.165, 1.54) is 6.20 Å². The minimum absolute atomic E-state index is 0. The van der Waals surface area contributed by atoms with Crippen LogP contribution in [-0.2, 0) is 9.47 Å². The highest BCUT2D eigenvalue weighted by Crippen LogP contribution is 2.21. The summed E-state index contributed by atoms with van der Waals surface area (Å²) in [6.45, 7) is 3.76. The van der Waals surface area contributed by atoms with Crippen molar-refractivity contribution in [3.63, 3.8) is 0 Å². The van der Waals surface area contributed by atoms with Gasteiger partial charge in [0.1, 0.15) is 0 Å². The Morgan fingerprint density at radius 1 is 0.946 bits per heavy atom. The highest BCUT2D eigenvalue weighted by Gasteiger charge is 2.25. The first-order valence-corrected chi connectivity index (χ1v) is 11.7. The molecule has 4 N–H and O–H groups in total. The summed E-state index contributed by atoms with van der Waals surface area (Å²) in [5.74, 6) is -0.727. The van der Waals surface area contributed by atoms with Gasteiger partial charge in [0.15, 0.2) is 11.5 Å². The van der Waals surface area contributed by atoms with Crippen LogP contribution in [0, 0.1) is 10.8 Å². The number of rotatable bonds is 5. The molecule has 0 spiro atoms. The average Bonchev–Trinajstić information content (AvgIpc) is 2.93. The Kier molecular flexibility index (Phi) is 7.72. The fourth-order valence-corrected chi connectivity index (χ4v) is 3.78. The largest absolute Gasteiger partial charge is 0.450 e. The molecular weight excluding hydrogens is 474 g/mol. The standard InChI is InChI=1S/C26H27N7O4.2H2/c1-2-36-26(35)33-14-12-32(13-15-33)25(34)19-10-8-17(9-11-19)20-16-30-22(27)21(31-20)24(29)37-23(28)18-6-4-3-5-7-18;;/h3-11,16,28-29H,2,12-15H2,1H3,(H2,27,30);2*1H. The molecule has 0 saturated carbocycles. The Morgan fingerprint density at radius 2 is 1.59 bits per heavy atom. The molecule has 0 atom stereocenters. The number of ether oxygens (including phenoxy) is 2. The molecule has 2 aromatic carbocycles. The van der Waals surface area contributed by atoms with E-state index in [-0.39, 0.29) is 32.3 Å². The molecule has 0 unspecified atom stereocenters. The lowest BCUT2D eigenvalue weighted by molar-refractivity contribution is 0.0570. The van der Waals surface area contributed by atoms with Crippen molar-refractivity contribution < 1.29 is 21.9 Å². The van der Waals surface area contributed by atoms with Crippen molar-refractivity contribution >= 4 is 29.6 Å². The molecule has 2 heterocycles. The van der Waals surface area contributed by atoms with Crippen LogP contribution in [0.15, 0.2) is 60.8 Å². The number of carbonyl (C=O) groups is 2. The number of hydrogen-bond donors (Lipinski definition) is 3. The molecule has 1 aromatic heterocycles. The first kappa shape index (κ1) is 25.3. The second-order valence-electron chi connectivity index (χ2n) is 8.17. The number of nitrogens with two attached hydrogens (primary N) is 1. The fourth-order valence-electron chi connectivity index (χ4n) is 3.78. The Morgan fingerprint density at radius 3 is 2.24 bits per heavy atom. The molecule has 11 heteroatoms. The normalized spacial score (nSPS) is 13.1. The Labute approximate surface area is 216 Å². The second kappa shape index (κ2) is 11.3. The Hall–Kier alpha value is -4.80. The second-order valence-corrected chi connectivity index (χ2v) is 8.17. The van der Waals surface area contributed by atoms with Crippen molar-refractivity contribution in [2.45, 2.75) is 6.92 Å². The zero-order valence-electron chi connectivity index (χ0n) is 20.3. The van der Waals surface area contributed by atoms with Gasteiger partial charge in [-0.15, -0.1) is 0 Å². The lowest BCUT2D eigenvalue weighted by Gasteiger charge is -2.34. The average molecular weight is 506 g/mol. The number of nitrogens with one attached hydrogen (secondary N) is 2. The maximum Gasteiger partial charge on any atom is 0.409 e. The van der Waals surface area contributed by atoms with Gasteiger partial charge < -0.3 is 25.0 Å². The van der Waals surface area contributed by atoms with Gasteiger partial charge in [0.25, 0.3) is 5.91 Å². The number of carbonyl (C=O) groups excluding carboxylic acids is 2. The Balaban J connectivity index is 0.00000267. The monoisotopic (exact) mass is 505 g/mol. The molecule has 194 valence electrons. The van der Waals surface area contributed by atoms with E-state index in [2.05, 4.69) is 9.97 Å². The lowest BCUT2D eigenvalue weighted by atomic mass is 10.1. The number of nitrogens with zero attached hydrogens (tertiary/aromatic N) is 4. The van der Waals surface area contributed by atoms with Crippen LogP contribution in [0.25, 0.3) is 11.3 Å². The van der Waals surface area contributed by atoms with E-state index in [1.54, 1.807) is 65.3 Å². The molecular formula is C26H31N7O4. The van der Waals surface area contributed by atoms with E-state index in [4.69, 9.17) is 26.0 Å². The molecule has 0 bridgehead atoms. The number of hydrogen-bond acceptors (Lipinski definition) is 9. The summed E-state index contributed by atoms with van der Waals surface area (Å²) in [7, 11) is 0. The van der Waals surface area contributed by atoms with Crippen molar-refractivity contribution in [1.29, 1.82) is 10.8 Å². The minimum Gasteiger partial charge on any atom is -0.450 e. The topological polar surface area (TPSA) is 159 Å². The van der Waals surface area contributed by atoms with E-state index in [9.17, 15) is 9.59 Å². The van der Waals surface area contributed by atoms with Crippen molar-refractivity contribution in [2.24, 2.45) is 0 Å². The molecule has 2 amide bonds. The first-order chi connectivity index (χ1) is 17.9.